The summed E-state index contributed by atoms with van der Waals surface area (Å²) < 4.78 is 4.82. The first-order valence-electron chi connectivity index (χ1n) is 4.22. The molecule has 0 aliphatic carbocycles. The van der Waals surface area contributed by atoms with Crippen molar-refractivity contribution in [2.24, 2.45) is 5.41 Å². The number of carboxylic acid groups (broad SMARTS) is 2. The van der Waals surface area contributed by atoms with Crippen LogP contribution in [0.2, 0.25) is 0 Å². The molecule has 1 rings (SSSR count). The average molecular weight is 203 g/mol. The van der Waals surface area contributed by atoms with Gasteiger partial charge in [-0.2, -0.15) is 0 Å². The molecule has 6 nitrogen and oxygen atoms in total. The zero-order valence-corrected chi connectivity index (χ0v) is 7.89. The van der Waals surface area contributed by atoms with Gasteiger partial charge < -0.3 is 19.8 Å². The Bertz CT molecular complexity index is 254. The summed E-state index contributed by atoms with van der Waals surface area (Å²) in [7, 11) is 1.41. The molecule has 1 aliphatic rings. The van der Waals surface area contributed by atoms with Crippen LogP contribution in [0.15, 0.2) is 0 Å². The Kier molecular flexibility index (Phi) is 2.95. The Morgan fingerprint density at radius 2 is 2.14 bits per heavy atom. The van der Waals surface area contributed by atoms with Crippen molar-refractivity contribution in [2.45, 2.75) is 6.42 Å². The summed E-state index contributed by atoms with van der Waals surface area (Å²) in [5, 5.41) is 17.7. The number of rotatable bonds is 3. The minimum absolute atomic E-state index is 0.00546. The van der Waals surface area contributed by atoms with Gasteiger partial charge in [-0.05, 0) is 6.42 Å². The third-order valence-corrected chi connectivity index (χ3v) is 2.50. The number of aliphatic carboxylic acids is 1. The van der Waals surface area contributed by atoms with Gasteiger partial charge in [0, 0.05) is 20.2 Å². The number of amides is 1. The highest BCUT2D eigenvalue weighted by atomic mass is 16.5. The van der Waals surface area contributed by atoms with E-state index in [4.69, 9.17) is 14.9 Å². The van der Waals surface area contributed by atoms with Crippen LogP contribution in [0.5, 0.6) is 0 Å². The van der Waals surface area contributed by atoms with Crippen molar-refractivity contribution in [2.75, 3.05) is 26.8 Å². The highest BCUT2D eigenvalue weighted by Gasteiger charge is 2.46. The lowest BCUT2D eigenvalue weighted by molar-refractivity contribution is -0.151. The van der Waals surface area contributed by atoms with Crippen molar-refractivity contribution in [3.8, 4) is 0 Å². The smallest absolute Gasteiger partial charge is 0.407 e. The first-order valence-corrected chi connectivity index (χ1v) is 4.22. The fourth-order valence-corrected chi connectivity index (χ4v) is 1.67. The summed E-state index contributed by atoms with van der Waals surface area (Å²) in [6.07, 6.45) is -0.771. The van der Waals surface area contributed by atoms with Gasteiger partial charge in [0.15, 0.2) is 0 Å². The highest BCUT2D eigenvalue weighted by molar-refractivity contribution is 5.77. The third-order valence-electron chi connectivity index (χ3n) is 2.50. The molecule has 1 aliphatic heterocycles. The number of likely N-dealkylation sites (tertiary alicyclic amines) is 1. The number of carboxylic acids is 1. The lowest BCUT2D eigenvalue weighted by Crippen LogP contribution is -2.39. The van der Waals surface area contributed by atoms with Crippen LogP contribution >= 0.6 is 0 Å². The Balaban J connectivity index is 2.74. The number of hydrogen-bond donors (Lipinski definition) is 2. The van der Waals surface area contributed by atoms with Crippen molar-refractivity contribution < 1.29 is 24.5 Å². The molecule has 0 saturated carbocycles. The van der Waals surface area contributed by atoms with Crippen LogP contribution in [0.3, 0.4) is 0 Å². The van der Waals surface area contributed by atoms with E-state index in [1.54, 1.807) is 0 Å². The first kappa shape index (κ1) is 10.8. The zero-order valence-electron chi connectivity index (χ0n) is 7.89. The van der Waals surface area contributed by atoms with Gasteiger partial charge >= 0.3 is 12.1 Å². The Morgan fingerprint density at radius 3 is 2.50 bits per heavy atom. The molecule has 0 bridgehead atoms. The lowest BCUT2D eigenvalue weighted by atomic mass is 9.88. The molecule has 0 aromatic heterocycles. The molecule has 2 N–H and O–H groups in total. The van der Waals surface area contributed by atoms with E-state index >= 15 is 0 Å². The van der Waals surface area contributed by atoms with E-state index in [0.717, 1.165) is 4.90 Å². The van der Waals surface area contributed by atoms with Crippen molar-refractivity contribution in [3.05, 3.63) is 0 Å². The predicted molar refractivity (Wildman–Crippen MR) is 46.2 cm³/mol. The van der Waals surface area contributed by atoms with Crippen molar-refractivity contribution >= 4 is 12.1 Å². The molecule has 1 fully saturated rings. The van der Waals surface area contributed by atoms with Crippen molar-refractivity contribution in [1.82, 2.24) is 4.90 Å². The van der Waals surface area contributed by atoms with Crippen LogP contribution in [-0.4, -0.2) is 54.0 Å². The third kappa shape index (κ3) is 1.79. The molecule has 1 saturated heterocycles. The van der Waals surface area contributed by atoms with Crippen LogP contribution in [0.4, 0.5) is 4.79 Å². The number of ether oxygens (including phenoxy) is 1. The Labute approximate surface area is 81.1 Å². The summed E-state index contributed by atoms with van der Waals surface area (Å²) in [6, 6.07) is 0. The second-order valence-electron chi connectivity index (χ2n) is 3.47. The second-order valence-corrected chi connectivity index (χ2v) is 3.47. The summed E-state index contributed by atoms with van der Waals surface area (Å²) in [4.78, 5) is 22.7. The van der Waals surface area contributed by atoms with E-state index in [-0.39, 0.29) is 19.7 Å². The number of hydrogen-bond acceptors (Lipinski definition) is 3. The summed E-state index contributed by atoms with van der Waals surface area (Å²) >= 11 is 0. The molecule has 1 unspecified atom stereocenters. The largest absolute Gasteiger partial charge is 0.481 e. The molecule has 0 radical (unpaired) electrons. The molecule has 0 aromatic rings. The van der Waals surface area contributed by atoms with Crippen LogP contribution in [0.1, 0.15) is 6.42 Å². The van der Waals surface area contributed by atoms with Crippen molar-refractivity contribution in [1.29, 1.82) is 0 Å². The second kappa shape index (κ2) is 3.83. The van der Waals surface area contributed by atoms with E-state index in [0.29, 0.717) is 6.42 Å². The van der Waals surface area contributed by atoms with E-state index in [1.807, 2.05) is 0 Å². The molecule has 1 heterocycles. The first-order chi connectivity index (χ1) is 6.52. The van der Waals surface area contributed by atoms with Crippen LogP contribution in [0.25, 0.3) is 0 Å². The molecule has 1 atom stereocenters. The topological polar surface area (TPSA) is 87.1 Å². The monoisotopic (exact) mass is 203 g/mol. The maximum absolute atomic E-state index is 11.0. The van der Waals surface area contributed by atoms with Gasteiger partial charge in [-0.3, -0.25) is 4.79 Å². The maximum atomic E-state index is 11.0. The minimum Gasteiger partial charge on any atom is -0.481 e. The standard InChI is InChI=1S/C8H13NO5/c1-14-5-8(6(10)11)2-3-9(4-8)7(12)13/h2-5H2,1H3,(H,10,11)(H,12,13). The molecule has 6 heteroatoms. The molecule has 1 amide bonds. The molecule has 0 aromatic carbocycles. The van der Waals surface area contributed by atoms with Crippen LogP contribution in [-0.2, 0) is 9.53 Å². The molecule has 80 valence electrons. The summed E-state index contributed by atoms with van der Waals surface area (Å²) in [5.41, 5.74) is -1.06. The summed E-state index contributed by atoms with van der Waals surface area (Å²) in [6.45, 7) is 0.308. The predicted octanol–water partition coefficient (Wildman–Crippen LogP) is 0.0875. The van der Waals surface area contributed by atoms with Crippen molar-refractivity contribution in [3.63, 3.8) is 0 Å². The molecular weight excluding hydrogens is 190 g/mol. The number of carbonyl (C=O) groups is 2. The Morgan fingerprint density at radius 1 is 1.50 bits per heavy atom. The number of nitrogens with zero attached hydrogens (tertiary/aromatic N) is 1. The SMILES string of the molecule is COCC1(C(=O)O)CCN(C(=O)O)C1. The normalized spacial score (nSPS) is 26.5. The average Bonchev–Trinajstić information content (AvgIpc) is 2.50. The van der Waals surface area contributed by atoms with Gasteiger partial charge in [0.1, 0.15) is 5.41 Å². The van der Waals surface area contributed by atoms with Gasteiger partial charge in [-0.15, -0.1) is 0 Å². The fraction of sp³-hybridized carbons (Fsp3) is 0.750. The fourth-order valence-electron chi connectivity index (χ4n) is 1.67. The van der Waals surface area contributed by atoms with Crippen LogP contribution in [0, 0.1) is 5.41 Å². The summed E-state index contributed by atoms with van der Waals surface area (Å²) in [5.74, 6) is -0.997. The minimum atomic E-state index is -1.08. The van der Waals surface area contributed by atoms with Crippen LogP contribution < -0.4 is 0 Å². The zero-order chi connectivity index (χ0) is 10.8. The van der Waals surface area contributed by atoms with Gasteiger partial charge in [-0.1, -0.05) is 0 Å². The lowest BCUT2D eigenvalue weighted by Gasteiger charge is -2.22. The van der Waals surface area contributed by atoms with Gasteiger partial charge in [-0.25, -0.2) is 4.79 Å². The maximum Gasteiger partial charge on any atom is 0.407 e. The molecular formula is C8H13NO5. The molecule has 14 heavy (non-hydrogen) atoms. The molecule has 0 spiro atoms. The van der Waals surface area contributed by atoms with Gasteiger partial charge in [0.05, 0.1) is 6.61 Å². The van der Waals surface area contributed by atoms with Gasteiger partial charge in [0.25, 0.3) is 0 Å². The quantitative estimate of drug-likeness (QED) is 0.678. The Hall–Kier alpha value is -1.30. The number of methoxy groups -OCH3 is 1. The van der Waals surface area contributed by atoms with E-state index in [9.17, 15) is 9.59 Å². The van der Waals surface area contributed by atoms with E-state index in [2.05, 4.69) is 0 Å². The van der Waals surface area contributed by atoms with Gasteiger partial charge in [0.2, 0.25) is 0 Å². The van der Waals surface area contributed by atoms with E-state index < -0.39 is 17.5 Å². The highest BCUT2D eigenvalue weighted by Crippen LogP contribution is 2.31. The van der Waals surface area contributed by atoms with E-state index in [1.165, 1.54) is 7.11 Å².